The van der Waals surface area contributed by atoms with Crippen molar-refractivity contribution in [2.24, 2.45) is 0 Å². The third-order valence-corrected chi connectivity index (χ3v) is 3.11. The number of aromatic nitrogens is 1. The van der Waals surface area contributed by atoms with Gasteiger partial charge in [-0.05, 0) is 35.7 Å². The topological polar surface area (TPSA) is 4.93 Å². The normalized spacial score (nSPS) is 11.1. The van der Waals surface area contributed by atoms with Crippen molar-refractivity contribution < 1.29 is 13.2 Å². The summed E-state index contributed by atoms with van der Waals surface area (Å²) >= 11 is 0. The standard InChI is InChI=1S/C15H10F3N/c16-12-5-4-10-6-7-19(14(10)8-12)9-11-2-1-3-13(17)15(11)18/h1-8H,9H2. The smallest absolute Gasteiger partial charge is 0.163 e. The summed E-state index contributed by atoms with van der Waals surface area (Å²) in [5, 5.41) is 0.859. The lowest BCUT2D eigenvalue weighted by Crippen LogP contribution is -2.02. The zero-order valence-corrected chi connectivity index (χ0v) is 9.91. The van der Waals surface area contributed by atoms with Crippen LogP contribution in [-0.4, -0.2) is 4.57 Å². The molecule has 0 saturated carbocycles. The molecule has 0 N–H and O–H groups in total. The van der Waals surface area contributed by atoms with Gasteiger partial charge in [0.25, 0.3) is 0 Å². The maximum atomic E-state index is 13.6. The van der Waals surface area contributed by atoms with Crippen LogP contribution in [0.1, 0.15) is 5.56 Å². The van der Waals surface area contributed by atoms with E-state index in [1.54, 1.807) is 16.8 Å². The minimum absolute atomic E-state index is 0.163. The Labute approximate surface area is 107 Å². The molecule has 0 amide bonds. The Morgan fingerprint density at radius 1 is 0.947 bits per heavy atom. The second kappa shape index (κ2) is 4.46. The molecule has 0 aliphatic carbocycles. The SMILES string of the molecule is Fc1ccc2ccn(Cc3cccc(F)c3F)c2c1. The van der Waals surface area contributed by atoms with E-state index in [-0.39, 0.29) is 17.9 Å². The molecular weight excluding hydrogens is 251 g/mol. The van der Waals surface area contributed by atoms with Gasteiger partial charge in [-0.2, -0.15) is 0 Å². The van der Waals surface area contributed by atoms with E-state index in [1.807, 2.05) is 6.07 Å². The van der Waals surface area contributed by atoms with Crippen LogP contribution in [0.5, 0.6) is 0 Å². The molecule has 0 aliphatic heterocycles. The number of fused-ring (bicyclic) bond motifs is 1. The molecule has 2 aromatic carbocycles. The monoisotopic (exact) mass is 261 g/mol. The van der Waals surface area contributed by atoms with E-state index in [0.29, 0.717) is 5.52 Å². The maximum Gasteiger partial charge on any atom is 0.163 e. The van der Waals surface area contributed by atoms with Gasteiger partial charge in [-0.15, -0.1) is 0 Å². The van der Waals surface area contributed by atoms with Crippen molar-refractivity contribution in [3.8, 4) is 0 Å². The average molecular weight is 261 g/mol. The van der Waals surface area contributed by atoms with Crippen LogP contribution in [0.4, 0.5) is 13.2 Å². The Balaban J connectivity index is 2.06. The predicted molar refractivity (Wildman–Crippen MR) is 67.4 cm³/mol. The molecular formula is C15H10F3N. The number of nitrogens with zero attached hydrogens (tertiary/aromatic N) is 1. The molecule has 1 nitrogen and oxygen atoms in total. The molecule has 3 rings (SSSR count). The lowest BCUT2D eigenvalue weighted by molar-refractivity contribution is 0.496. The molecule has 3 aromatic rings. The summed E-state index contributed by atoms with van der Waals surface area (Å²) < 4.78 is 41.7. The number of rotatable bonds is 2. The lowest BCUT2D eigenvalue weighted by Gasteiger charge is -2.07. The Hall–Kier alpha value is -2.23. The van der Waals surface area contributed by atoms with Gasteiger partial charge in [0.05, 0.1) is 12.1 Å². The highest BCUT2D eigenvalue weighted by molar-refractivity contribution is 5.80. The fourth-order valence-electron chi connectivity index (χ4n) is 2.15. The van der Waals surface area contributed by atoms with Crippen molar-refractivity contribution >= 4 is 10.9 Å². The summed E-state index contributed by atoms with van der Waals surface area (Å²) in [6.45, 7) is 0.163. The van der Waals surface area contributed by atoms with Crippen LogP contribution >= 0.6 is 0 Å². The van der Waals surface area contributed by atoms with Gasteiger partial charge < -0.3 is 4.57 Å². The van der Waals surface area contributed by atoms with E-state index in [2.05, 4.69) is 0 Å². The van der Waals surface area contributed by atoms with Crippen molar-refractivity contribution in [3.05, 3.63) is 71.7 Å². The molecule has 0 aliphatic rings. The minimum atomic E-state index is -0.875. The maximum absolute atomic E-state index is 13.6. The first-order chi connectivity index (χ1) is 9.15. The Bertz CT molecular complexity index is 746. The van der Waals surface area contributed by atoms with E-state index >= 15 is 0 Å². The summed E-state index contributed by atoms with van der Waals surface area (Å²) in [6.07, 6.45) is 1.73. The summed E-state index contributed by atoms with van der Waals surface area (Å²) in [5.74, 6) is -2.09. The number of benzene rings is 2. The molecule has 0 radical (unpaired) electrons. The van der Waals surface area contributed by atoms with E-state index in [0.717, 1.165) is 11.5 Å². The molecule has 1 aromatic heterocycles. The predicted octanol–water partition coefficient (Wildman–Crippen LogP) is 4.11. The molecule has 0 unspecified atom stereocenters. The quantitative estimate of drug-likeness (QED) is 0.654. The van der Waals surface area contributed by atoms with Crippen LogP contribution in [0, 0.1) is 17.5 Å². The number of hydrogen-bond donors (Lipinski definition) is 0. The molecule has 0 saturated heterocycles. The second-order valence-electron chi connectivity index (χ2n) is 4.36. The first kappa shape index (κ1) is 11.8. The summed E-state index contributed by atoms with van der Waals surface area (Å²) in [7, 11) is 0. The second-order valence-corrected chi connectivity index (χ2v) is 4.36. The average Bonchev–Trinajstić information content (AvgIpc) is 2.78. The fraction of sp³-hybridized carbons (Fsp3) is 0.0667. The van der Waals surface area contributed by atoms with Gasteiger partial charge in [0.1, 0.15) is 5.82 Å². The molecule has 0 fully saturated rings. The van der Waals surface area contributed by atoms with Gasteiger partial charge in [0.15, 0.2) is 11.6 Å². The zero-order valence-electron chi connectivity index (χ0n) is 9.91. The van der Waals surface area contributed by atoms with Crippen LogP contribution in [0.3, 0.4) is 0 Å². The third-order valence-electron chi connectivity index (χ3n) is 3.11. The zero-order chi connectivity index (χ0) is 13.4. The van der Waals surface area contributed by atoms with E-state index in [4.69, 9.17) is 0 Å². The largest absolute Gasteiger partial charge is 0.343 e. The molecule has 0 bridgehead atoms. The molecule has 0 spiro atoms. The highest BCUT2D eigenvalue weighted by atomic mass is 19.2. The minimum Gasteiger partial charge on any atom is -0.343 e. The molecule has 1 heterocycles. The lowest BCUT2D eigenvalue weighted by atomic mass is 10.2. The Morgan fingerprint density at radius 2 is 1.79 bits per heavy atom. The van der Waals surface area contributed by atoms with Gasteiger partial charge in [-0.25, -0.2) is 13.2 Å². The van der Waals surface area contributed by atoms with Crippen LogP contribution in [0.2, 0.25) is 0 Å². The van der Waals surface area contributed by atoms with E-state index in [9.17, 15) is 13.2 Å². The molecule has 0 atom stereocenters. The van der Waals surface area contributed by atoms with Gasteiger partial charge in [0, 0.05) is 11.8 Å². The van der Waals surface area contributed by atoms with E-state index < -0.39 is 11.6 Å². The van der Waals surface area contributed by atoms with Crippen molar-refractivity contribution in [2.45, 2.75) is 6.54 Å². The van der Waals surface area contributed by atoms with Gasteiger partial charge >= 0.3 is 0 Å². The van der Waals surface area contributed by atoms with E-state index in [1.165, 1.54) is 24.3 Å². The molecule has 19 heavy (non-hydrogen) atoms. The highest BCUT2D eigenvalue weighted by Gasteiger charge is 2.09. The van der Waals surface area contributed by atoms with Crippen molar-refractivity contribution in [3.63, 3.8) is 0 Å². The van der Waals surface area contributed by atoms with Gasteiger partial charge in [-0.1, -0.05) is 12.1 Å². The Kier molecular flexibility index (Phi) is 2.78. The van der Waals surface area contributed by atoms with Gasteiger partial charge in [-0.3, -0.25) is 0 Å². The van der Waals surface area contributed by atoms with Crippen LogP contribution < -0.4 is 0 Å². The third kappa shape index (κ3) is 2.10. The summed E-state index contributed by atoms with van der Waals surface area (Å²) in [5.41, 5.74) is 0.894. The molecule has 4 heteroatoms. The van der Waals surface area contributed by atoms with Crippen molar-refractivity contribution in [1.82, 2.24) is 4.57 Å². The number of halogens is 3. The summed E-state index contributed by atoms with van der Waals surface area (Å²) in [4.78, 5) is 0. The van der Waals surface area contributed by atoms with Crippen molar-refractivity contribution in [2.75, 3.05) is 0 Å². The highest BCUT2D eigenvalue weighted by Crippen LogP contribution is 2.20. The Morgan fingerprint density at radius 3 is 2.63 bits per heavy atom. The summed E-state index contributed by atoms with van der Waals surface area (Å²) in [6, 6.07) is 10.3. The first-order valence-corrected chi connectivity index (χ1v) is 5.82. The van der Waals surface area contributed by atoms with Crippen LogP contribution in [-0.2, 0) is 6.54 Å². The van der Waals surface area contributed by atoms with Crippen molar-refractivity contribution in [1.29, 1.82) is 0 Å². The first-order valence-electron chi connectivity index (χ1n) is 5.82. The van der Waals surface area contributed by atoms with Gasteiger partial charge in [0.2, 0.25) is 0 Å². The number of hydrogen-bond acceptors (Lipinski definition) is 0. The fourth-order valence-corrected chi connectivity index (χ4v) is 2.15. The molecule has 96 valence electrons. The van der Waals surface area contributed by atoms with Crippen LogP contribution in [0.25, 0.3) is 10.9 Å². The van der Waals surface area contributed by atoms with Crippen LogP contribution in [0.15, 0.2) is 48.7 Å².